The lowest BCUT2D eigenvalue weighted by Gasteiger charge is -2.39. The lowest BCUT2D eigenvalue weighted by molar-refractivity contribution is 0.0408. The fraction of sp³-hybridized carbons (Fsp3) is 0.611. The Morgan fingerprint density at radius 3 is 3.00 bits per heavy atom. The van der Waals surface area contributed by atoms with Crippen LogP contribution in [0.1, 0.15) is 34.8 Å². The summed E-state index contributed by atoms with van der Waals surface area (Å²) < 4.78 is 5.48. The van der Waals surface area contributed by atoms with E-state index in [1.807, 2.05) is 18.2 Å². The largest absolute Gasteiger partial charge is 0.381 e. The Morgan fingerprint density at radius 2 is 2.22 bits per heavy atom. The summed E-state index contributed by atoms with van der Waals surface area (Å²) in [6, 6.07) is 8.38. The third-order valence-electron chi connectivity index (χ3n) is 4.95. The van der Waals surface area contributed by atoms with Crippen LogP contribution in [0.3, 0.4) is 0 Å². The minimum absolute atomic E-state index is 0.0217. The number of piperazine rings is 1. The quantitative estimate of drug-likeness (QED) is 0.882. The Kier molecular flexibility index (Phi) is 5.65. The molecular formula is C18H27N3O2. The molecule has 0 spiro atoms. The SMILES string of the molecule is CNC(=O)c1cccc(C2CNCCN2CC2CCOCC2)c1. The van der Waals surface area contributed by atoms with E-state index in [0.29, 0.717) is 6.04 Å². The van der Waals surface area contributed by atoms with E-state index in [9.17, 15) is 4.79 Å². The summed E-state index contributed by atoms with van der Waals surface area (Å²) in [5.41, 5.74) is 1.96. The van der Waals surface area contributed by atoms with Gasteiger partial charge >= 0.3 is 0 Å². The molecule has 126 valence electrons. The van der Waals surface area contributed by atoms with Crippen LogP contribution in [-0.2, 0) is 4.74 Å². The van der Waals surface area contributed by atoms with Crippen LogP contribution in [-0.4, -0.2) is 57.2 Å². The molecule has 2 aliphatic heterocycles. The predicted octanol–water partition coefficient (Wildman–Crippen LogP) is 1.42. The number of benzene rings is 1. The highest BCUT2D eigenvalue weighted by Crippen LogP contribution is 2.26. The summed E-state index contributed by atoms with van der Waals surface area (Å²) in [5, 5.41) is 6.20. The van der Waals surface area contributed by atoms with Crippen molar-refractivity contribution in [2.75, 3.05) is 46.4 Å². The standard InChI is InChI=1S/C18H27N3O2/c1-19-18(22)16-4-2-3-15(11-16)17-12-20-7-8-21(17)13-14-5-9-23-10-6-14/h2-4,11,14,17,20H,5-10,12-13H2,1H3,(H,19,22). The first-order valence-corrected chi connectivity index (χ1v) is 8.62. The molecule has 2 N–H and O–H groups in total. The van der Waals surface area contributed by atoms with Gasteiger partial charge in [0.2, 0.25) is 0 Å². The van der Waals surface area contributed by atoms with E-state index in [2.05, 4.69) is 21.6 Å². The lowest BCUT2D eigenvalue weighted by atomic mass is 9.95. The number of rotatable bonds is 4. The topological polar surface area (TPSA) is 53.6 Å². The fourth-order valence-electron chi connectivity index (χ4n) is 3.59. The van der Waals surface area contributed by atoms with E-state index in [-0.39, 0.29) is 5.91 Å². The molecule has 1 aromatic rings. The van der Waals surface area contributed by atoms with Crippen LogP contribution < -0.4 is 10.6 Å². The van der Waals surface area contributed by atoms with Gasteiger partial charge in [0.15, 0.2) is 0 Å². The smallest absolute Gasteiger partial charge is 0.251 e. The first-order valence-electron chi connectivity index (χ1n) is 8.62. The lowest BCUT2D eigenvalue weighted by Crippen LogP contribution is -2.48. The molecule has 3 rings (SSSR count). The minimum atomic E-state index is -0.0217. The summed E-state index contributed by atoms with van der Waals surface area (Å²) in [6.07, 6.45) is 2.32. The molecule has 1 atom stereocenters. The van der Waals surface area contributed by atoms with Gasteiger partial charge in [0, 0.05) is 58.0 Å². The molecule has 1 amide bonds. The third-order valence-corrected chi connectivity index (χ3v) is 4.95. The number of nitrogens with zero attached hydrogens (tertiary/aromatic N) is 1. The Bertz CT molecular complexity index is 529. The van der Waals surface area contributed by atoms with Crippen molar-refractivity contribution in [3.63, 3.8) is 0 Å². The molecule has 1 aromatic carbocycles. The van der Waals surface area contributed by atoms with Crippen LogP contribution in [0.5, 0.6) is 0 Å². The first-order chi connectivity index (χ1) is 11.3. The molecule has 2 fully saturated rings. The summed E-state index contributed by atoms with van der Waals surface area (Å²) in [5.74, 6) is 0.707. The number of ether oxygens (including phenoxy) is 1. The number of hydrogen-bond acceptors (Lipinski definition) is 4. The number of hydrogen-bond donors (Lipinski definition) is 2. The van der Waals surface area contributed by atoms with E-state index < -0.39 is 0 Å². The molecule has 0 aromatic heterocycles. The maximum atomic E-state index is 11.9. The average molecular weight is 317 g/mol. The molecule has 2 heterocycles. The Morgan fingerprint density at radius 1 is 1.39 bits per heavy atom. The molecule has 0 aliphatic carbocycles. The third kappa shape index (κ3) is 4.10. The molecule has 23 heavy (non-hydrogen) atoms. The number of amides is 1. The van der Waals surface area contributed by atoms with Crippen LogP contribution in [0.4, 0.5) is 0 Å². The van der Waals surface area contributed by atoms with Crippen LogP contribution in [0.25, 0.3) is 0 Å². The average Bonchev–Trinajstić information content (AvgIpc) is 2.62. The van der Waals surface area contributed by atoms with Crippen molar-refractivity contribution < 1.29 is 9.53 Å². The van der Waals surface area contributed by atoms with Crippen molar-refractivity contribution in [1.29, 1.82) is 0 Å². The van der Waals surface area contributed by atoms with Gasteiger partial charge in [-0.2, -0.15) is 0 Å². The van der Waals surface area contributed by atoms with Crippen molar-refractivity contribution in [3.8, 4) is 0 Å². The Labute approximate surface area is 138 Å². The van der Waals surface area contributed by atoms with E-state index in [0.717, 1.165) is 63.7 Å². The number of carbonyl (C=O) groups is 1. The normalized spacial score (nSPS) is 23.6. The van der Waals surface area contributed by atoms with E-state index in [1.165, 1.54) is 5.56 Å². The monoisotopic (exact) mass is 317 g/mol. The molecule has 2 aliphatic rings. The van der Waals surface area contributed by atoms with Crippen molar-refractivity contribution in [3.05, 3.63) is 35.4 Å². The molecule has 5 heteroatoms. The zero-order valence-corrected chi connectivity index (χ0v) is 13.9. The van der Waals surface area contributed by atoms with Gasteiger partial charge in [-0.05, 0) is 36.5 Å². The fourth-order valence-corrected chi connectivity index (χ4v) is 3.59. The van der Waals surface area contributed by atoms with Crippen molar-refractivity contribution in [1.82, 2.24) is 15.5 Å². The van der Waals surface area contributed by atoms with Gasteiger partial charge in [-0.1, -0.05) is 12.1 Å². The second kappa shape index (κ2) is 7.90. The first kappa shape index (κ1) is 16.4. The predicted molar refractivity (Wildman–Crippen MR) is 90.6 cm³/mol. The Hall–Kier alpha value is -1.43. The second-order valence-corrected chi connectivity index (χ2v) is 6.48. The van der Waals surface area contributed by atoms with Crippen LogP contribution in [0.15, 0.2) is 24.3 Å². The van der Waals surface area contributed by atoms with Gasteiger partial charge in [0.05, 0.1) is 0 Å². The van der Waals surface area contributed by atoms with Crippen molar-refractivity contribution in [2.24, 2.45) is 5.92 Å². The second-order valence-electron chi connectivity index (χ2n) is 6.48. The molecular weight excluding hydrogens is 290 g/mol. The number of nitrogens with one attached hydrogen (secondary N) is 2. The summed E-state index contributed by atoms with van der Waals surface area (Å²) >= 11 is 0. The van der Waals surface area contributed by atoms with Gasteiger partial charge in [0.1, 0.15) is 0 Å². The maximum Gasteiger partial charge on any atom is 0.251 e. The van der Waals surface area contributed by atoms with Gasteiger partial charge in [0.25, 0.3) is 5.91 Å². The van der Waals surface area contributed by atoms with Crippen LogP contribution in [0, 0.1) is 5.92 Å². The van der Waals surface area contributed by atoms with E-state index >= 15 is 0 Å². The molecule has 1 unspecified atom stereocenters. The maximum absolute atomic E-state index is 11.9. The van der Waals surface area contributed by atoms with E-state index in [1.54, 1.807) is 7.05 Å². The highest BCUT2D eigenvalue weighted by Gasteiger charge is 2.27. The van der Waals surface area contributed by atoms with Crippen LogP contribution in [0.2, 0.25) is 0 Å². The van der Waals surface area contributed by atoms with Crippen molar-refractivity contribution >= 4 is 5.91 Å². The number of carbonyl (C=O) groups excluding carboxylic acids is 1. The molecule has 2 saturated heterocycles. The highest BCUT2D eigenvalue weighted by molar-refractivity contribution is 5.94. The molecule has 0 saturated carbocycles. The van der Waals surface area contributed by atoms with Gasteiger partial charge < -0.3 is 15.4 Å². The highest BCUT2D eigenvalue weighted by atomic mass is 16.5. The Balaban J connectivity index is 1.73. The van der Waals surface area contributed by atoms with Crippen molar-refractivity contribution in [2.45, 2.75) is 18.9 Å². The summed E-state index contributed by atoms with van der Waals surface area (Å²) in [4.78, 5) is 14.5. The minimum Gasteiger partial charge on any atom is -0.381 e. The van der Waals surface area contributed by atoms with E-state index in [4.69, 9.17) is 4.74 Å². The molecule has 0 bridgehead atoms. The molecule has 0 radical (unpaired) electrons. The summed E-state index contributed by atoms with van der Waals surface area (Å²) in [6.45, 7) is 5.96. The van der Waals surface area contributed by atoms with Gasteiger partial charge in [-0.15, -0.1) is 0 Å². The van der Waals surface area contributed by atoms with Gasteiger partial charge in [-0.25, -0.2) is 0 Å². The molecule has 5 nitrogen and oxygen atoms in total. The van der Waals surface area contributed by atoms with Gasteiger partial charge in [-0.3, -0.25) is 9.69 Å². The van der Waals surface area contributed by atoms with Crippen LogP contribution >= 0.6 is 0 Å². The summed E-state index contributed by atoms with van der Waals surface area (Å²) in [7, 11) is 1.68. The zero-order chi connectivity index (χ0) is 16.1. The zero-order valence-electron chi connectivity index (χ0n) is 13.9.